The van der Waals surface area contributed by atoms with Gasteiger partial charge in [0.25, 0.3) is 7.82 Å². The predicted molar refractivity (Wildman–Crippen MR) is 261 cm³/mol. The second-order valence-corrected chi connectivity index (χ2v) is 19.3. The van der Waals surface area contributed by atoms with Crippen LogP contribution in [0.25, 0.3) is 0 Å². The first-order valence-electron chi connectivity index (χ1n) is 24.9. The van der Waals surface area contributed by atoms with Crippen LogP contribution in [0.2, 0.25) is 0 Å². The van der Waals surface area contributed by atoms with Crippen molar-refractivity contribution in [2.45, 2.75) is 199 Å². The number of carbonyl (C=O) groups is 2. The number of rotatable bonds is 44. The molecule has 0 fully saturated rings. The highest BCUT2D eigenvalue weighted by Gasteiger charge is 2.21. The highest BCUT2D eigenvalue weighted by Crippen LogP contribution is 2.38. The number of unbranched alkanes of at least 4 members (excludes halogenated alkanes) is 18. The van der Waals surface area contributed by atoms with E-state index in [2.05, 4.69) is 13.8 Å². The molecule has 12 heteroatoms. The molecule has 0 heterocycles. The summed E-state index contributed by atoms with van der Waals surface area (Å²) < 4.78 is 33.8. The first-order valence-corrected chi connectivity index (χ1v) is 26.3. The molecular formula is C52H92NO10P. The molecule has 370 valence electrons. The third-order valence-electron chi connectivity index (χ3n) is 10.4. The Kier molecular flexibility index (Phi) is 41.2. The number of likely N-dealkylation sites (N-methyl/N-ethyl adjacent to an activating group) is 1. The zero-order valence-electron chi connectivity index (χ0n) is 40.9. The van der Waals surface area contributed by atoms with Crippen molar-refractivity contribution >= 4 is 19.8 Å². The number of esters is 2. The van der Waals surface area contributed by atoms with E-state index in [0.29, 0.717) is 43.1 Å². The smallest absolute Gasteiger partial charge is 0.306 e. The van der Waals surface area contributed by atoms with Gasteiger partial charge in [-0.1, -0.05) is 202 Å². The number of hydrogen-bond acceptors (Lipinski definition) is 10. The summed E-state index contributed by atoms with van der Waals surface area (Å²) in [4.78, 5) is 37.7. The van der Waals surface area contributed by atoms with E-state index in [-0.39, 0.29) is 26.1 Å². The quantitative estimate of drug-likeness (QED) is 0.0151. The van der Waals surface area contributed by atoms with Gasteiger partial charge in [-0.15, -0.1) is 0 Å². The van der Waals surface area contributed by atoms with Gasteiger partial charge in [-0.05, 0) is 38.5 Å². The van der Waals surface area contributed by atoms with Crippen LogP contribution in [0.15, 0.2) is 72.9 Å². The van der Waals surface area contributed by atoms with Crippen LogP contribution in [0.1, 0.15) is 181 Å². The number of nitrogens with zero attached hydrogens (tertiary/aromatic N) is 1. The molecular weight excluding hydrogens is 830 g/mol. The maximum atomic E-state index is 12.7. The number of carbonyl (C=O) groups excluding carboxylic acids is 2. The average Bonchev–Trinajstić information content (AvgIpc) is 3.24. The molecule has 0 rings (SSSR count). The van der Waals surface area contributed by atoms with Gasteiger partial charge in [0, 0.05) is 12.8 Å². The van der Waals surface area contributed by atoms with E-state index in [0.717, 1.165) is 25.7 Å². The summed E-state index contributed by atoms with van der Waals surface area (Å²) >= 11 is 0. The third kappa shape index (κ3) is 45.9. The van der Waals surface area contributed by atoms with Gasteiger partial charge in [-0.25, -0.2) is 0 Å². The molecule has 0 aliphatic carbocycles. The summed E-state index contributed by atoms with van der Waals surface area (Å²) in [6.07, 6.45) is 47.2. The molecule has 0 radical (unpaired) electrons. The summed E-state index contributed by atoms with van der Waals surface area (Å²) in [7, 11) is 1.06. The minimum Gasteiger partial charge on any atom is -0.756 e. The minimum atomic E-state index is -4.67. The normalized spacial score (nSPS) is 15.1. The molecule has 0 saturated carbocycles. The Labute approximate surface area is 390 Å². The number of quaternary nitrogens is 1. The molecule has 11 nitrogen and oxygen atoms in total. The molecule has 0 aliphatic heterocycles. The van der Waals surface area contributed by atoms with Crippen LogP contribution in [0.4, 0.5) is 0 Å². The van der Waals surface area contributed by atoms with E-state index in [1.807, 2.05) is 57.6 Å². The standard InChI is InChI=1S/C52H92NO10P/c1-6-8-10-11-12-13-14-15-16-17-18-19-20-21-22-23-24-29-37-43-52(57)63-50(47-62-64(58,59)61-45-44-53(3,4)5)46-60-51(56)42-36-28-26-25-27-33-39-49(55)41-35-31-30-34-40-48(54)38-32-9-7-2/h9,26-28,30-35,40-41,48-50,54-55H,6-8,10-25,29,36-39,42-47H2,1-5H3/b28-26-,31-30-,32-9-,33-27-,40-34+,41-35+/t48-,49+,50-/m1/s1. The monoisotopic (exact) mass is 922 g/mol. The van der Waals surface area contributed by atoms with Crippen LogP contribution in [0, 0.1) is 0 Å². The number of phosphoric ester groups is 1. The Bertz CT molecular complexity index is 1350. The van der Waals surface area contributed by atoms with E-state index < -0.39 is 44.7 Å². The van der Waals surface area contributed by atoms with Gasteiger partial charge in [0.15, 0.2) is 6.10 Å². The van der Waals surface area contributed by atoms with Gasteiger partial charge in [0.1, 0.15) is 19.8 Å². The molecule has 0 aromatic rings. The molecule has 4 atom stereocenters. The Morgan fingerprint density at radius 3 is 1.58 bits per heavy atom. The Morgan fingerprint density at radius 2 is 1.08 bits per heavy atom. The van der Waals surface area contributed by atoms with Crippen molar-refractivity contribution in [1.82, 2.24) is 0 Å². The topological polar surface area (TPSA) is 152 Å². The van der Waals surface area contributed by atoms with Crippen LogP contribution in [-0.2, 0) is 32.7 Å². The van der Waals surface area contributed by atoms with Gasteiger partial charge < -0.3 is 38.1 Å². The first kappa shape index (κ1) is 61.4. The van der Waals surface area contributed by atoms with Crippen molar-refractivity contribution in [1.29, 1.82) is 0 Å². The van der Waals surface area contributed by atoms with Gasteiger partial charge in [0.05, 0.1) is 40.0 Å². The van der Waals surface area contributed by atoms with Crippen LogP contribution >= 0.6 is 7.82 Å². The maximum Gasteiger partial charge on any atom is 0.306 e. The second-order valence-electron chi connectivity index (χ2n) is 17.9. The predicted octanol–water partition coefficient (Wildman–Crippen LogP) is 11.9. The number of allylic oxidation sites excluding steroid dienone is 8. The SMILES string of the molecule is CC/C=C\C[C@@H](O)/C=C/C=C\C=C\[C@@H](O)C/C=C\C/C=C\CCC(=O)OC[C@H](COP(=O)([O-])OCC[N+](C)(C)C)OC(=O)CCCCCCCCCCCCCCCCCCCCC. The summed E-state index contributed by atoms with van der Waals surface area (Å²) in [5.74, 6) is -1.00. The second kappa shape index (κ2) is 43.0. The zero-order valence-corrected chi connectivity index (χ0v) is 41.8. The molecule has 64 heavy (non-hydrogen) atoms. The number of ether oxygens (including phenoxy) is 2. The van der Waals surface area contributed by atoms with Gasteiger partial charge >= 0.3 is 11.9 Å². The van der Waals surface area contributed by atoms with E-state index in [9.17, 15) is 29.3 Å². The highest BCUT2D eigenvalue weighted by molar-refractivity contribution is 7.45. The van der Waals surface area contributed by atoms with E-state index in [4.69, 9.17) is 18.5 Å². The van der Waals surface area contributed by atoms with Crippen molar-refractivity contribution in [3.63, 3.8) is 0 Å². The number of phosphoric acid groups is 1. The Hall–Kier alpha value is -2.63. The van der Waals surface area contributed by atoms with Crippen LogP contribution in [0.5, 0.6) is 0 Å². The average molecular weight is 922 g/mol. The van der Waals surface area contributed by atoms with Crippen LogP contribution in [-0.4, -0.2) is 92.5 Å². The molecule has 0 saturated heterocycles. The Balaban J connectivity index is 4.49. The zero-order chi connectivity index (χ0) is 47.4. The van der Waals surface area contributed by atoms with E-state index in [1.54, 1.807) is 36.5 Å². The van der Waals surface area contributed by atoms with Crippen LogP contribution in [0.3, 0.4) is 0 Å². The molecule has 0 spiro atoms. The van der Waals surface area contributed by atoms with Crippen molar-refractivity contribution in [3.8, 4) is 0 Å². The van der Waals surface area contributed by atoms with Crippen LogP contribution < -0.4 is 4.89 Å². The minimum absolute atomic E-state index is 0.0621. The Morgan fingerprint density at radius 1 is 0.594 bits per heavy atom. The lowest BCUT2D eigenvalue weighted by atomic mass is 10.0. The fourth-order valence-electron chi connectivity index (χ4n) is 6.50. The van der Waals surface area contributed by atoms with Crippen molar-refractivity contribution < 1.29 is 52.3 Å². The van der Waals surface area contributed by atoms with Gasteiger partial charge in [0.2, 0.25) is 0 Å². The summed E-state index contributed by atoms with van der Waals surface area (Å²) in [5.41, 5.74) is 0. The fraction of sp³-hybridized carbons (Fsp3) is 0.731. The number of aliphatic hydroxyl groups is 2. The summed E-state index contributed by atoms with van der Waals surface area (Å²) in [5, 5.41) is 20.0. The lowest BCUT2D eigenvalue weighted by Gasteiger charge is -2.28. The molecule has 0 aliphatic rings. The largest absolute Gasteiger partial charge is 0.756 e. The fourth-order valence-corrected chi connectivity index (χ4v) is 7.23. The lowest BCUT2D eigenvalue weighted by Crippen LogP contribution is -2.37. The molecule has 1 unspecified atom stereocenters. The van der Waals surface area contributed by atoms with Crippen molar-refractivity contribution in [2.75, 3.05) is 47.5 Å². The lowest BCUT2D eigenvalue weighted by molar-refractivity contribution is -0.870. The molecule has 2 N–H and O–H groups in total. The third-order valence-corrected chi connectivity index (χ3v) is 11.4. The maximum absolute atomic E-state index is 12.7. The number of hydrogen-bond donors (Lipinski definition) is 2. The molecule has 0 amide bonds. The number of aliphatic hydroxyl groups excluding tert-OH is 2. The van der Waals surface area contributed by atoms with Gasteiger partial charge in [-0.3, -0.25) is 14.2 Å². The molecule has 0 aromatic carbocycles. The molecule has 0 aromatic heterocycles. The van der Waals surface area contributed by atoms with Gasteiger partial charge in [-0.2, -0.15) is 0 Å². The van der Waals surface area contributed by atoms with Crippen molar-refractivity contribution in [3.05, 3.63) is 72.9 Å². The molecule has 0 bridgehead atoms. The van der Waals surface area contributed by atoms with E-state index in [1.165, 1.54) is 96.3 Å². The first-order chi connectivity index (χ1) is 30.8. The summed E-state index contributed by atoms with van der Waals surface area (Å²) in [6.45, 7) is 3.85. The summed E-state index contributed by atoms with van der Waals surface area (Å²) in [6, 6.07) is 0. The highest BCUT2D eigenvalue weighted by atomic mass is 31.2. The van der Waals surface area contributed by atoms with E-state index >= 15 is 0 Å². The van der Waals surface area contributed by atoms with Crippen molar-refractivity contribution in [2.24, 2.45) is 0 Å².